The molecular weight excluding hydrogens is 278 g/mol. The van der Waals surface area contributed by atoms with Crippen molar-refractivity contribution >= 4 is 27.9 Å². The van der Waals surface area contributed by atoms with Gasteiger partial charge in [-0.05, 0) is 30.9 Å². The van der Waals surface area contributed by atoms with Crippen LogP contribution in [0.25, 0.3) is 4.96 Å². The maximum absolute atomic E-state index is 11.2. The van der Waals surface area contributed by atoms with E-state index in [0.717, 1.165) is 19.5 Å². The lowest BCUT2D eigenvalue weighted by atomic mass is 10.2. The number of likely N-dealkylation sites (N-methyl/N-ethyl adjacent to an activating group) is 1. The van der Waals surface area contributed by atoms with Crippen molar-refractivity contribution < 1.29 is 4.92 Å². The van der Waals surface area contributed by atoms with Gasteiger partial charge in [-0.3, -0.25) is 4.90 Å². The first-order valence-corrected chi connectivity index (χ1v) is 7.66. The number of nitrogens with zero attached hydrogens (tertiary/aromatic N) is 4. The number of nitrogens with one attached hydrogen (secondary N) is 1. The zero-order valence-electron chi connectivity index (χ0n) is 11.3. The molecule has 1 aliphatic rings. The van der Waals surface area contributed by atoms with E-state index in [0.29, 0.717) is 23.4 Å². The Morgan fingerprint density at radius 1 is 1.65 bits per heavy atom. The van der Waals surface area contributed by atoms with Crippen LogP contribution in [0.1, 0.15) is 19.8 Å². The number of aromatic nitrogens is 2. The Balaban J connectivity index is 1.78. The van der Waals surface area contributed by atoms with Gasteiger partial charge < -0.3 is 15.4 Å². The molecule has 2 aromatic heterocycles. The second-order valence-corrected chi connectivity index (χ2v) is 5.78. The third-order valence-corrected chi connectivity index (χ3v) is 4.58. The second-order valence-electron chi connectivity index (χ2n) is 4.90. The summed E-state index contributed by atoms with van der Waals surface area (Å²) in [6, 6.07) is 0.444. The lowest BCUT2D eigenvalue weighted by Gasteiger charge is -2.22. The molecule has 0 saturated carbocycles. The summed E-state index contributed by atoms with van der Waals surface area (Å²) in [6.07, 6.45) is 4.02. The summed E-state index contributed by atoms with van der Waals surface area (Å²) >= 11 is 1.40. The first-order valence-electron chi connectivity index (χ1n) is 6.78. The molecule has 8 heteroatoms. The molecule has 3 heterocycles. The van der Waals surface area contributed by atoms with Gasteiger partial charge in [0.1, 0.15) is 6.20 Å². The van der Waals surface area contributed by atoms with Crippen LogP contribution in [0.3, 0.4) is 0 Å². The van der Waals surface area contributed by atoms with Crippen molar-refractivity contribution in [3.8, 4) is 0 Å². The molecule has 0 radical (unpaired) electrons. The number of rotatable bonds is 5. The van der Waals surface area contributed by atoms with Crippen molar-refractivity contribution in [3.63, 3.8) is 0 Å². The number of hydrogen-bond donors (Lipinski definition) is 1. The van der Waals surface area contributed by atoms with Crippen molar-refractivity contribution in [1.82, 2.24) is 14.3 Å². The Morgan fingerprint density at radius 3 is 3.25 bits per heavy atom. The van der Waals surface area contributed by atoms with E-state index in [9.17, 15) is 10.1 Å². The van der Waals surface area contributed by atoms with E-state index in [2.05, 4.69) is 22.1 Å². The fourth-order valence-corrected chi connectivity index (χ4v) is 3.53. The minimum Gasteiger partial charge on any atom is -0.361 e. The van der Waals surface area contributed by atoms with E-state index in [1.165, 1.54) is 22.2 Å². The molecule has 1 N–H and O–H groups in total. The van der Waals surface area contributed by atoms with Gasteiger partial charge >= 0.3 is 5.82 Å². The molecule has 3 rings (SSSR count). The zero-order valence-corrected chi connectivity index (χ0v) is 12.1. The second kappa shape index (κ2) is 5.37. The SMILES string of the molecule is CCN1CCCC1CNc1nc2sccn2c1[N+](=O)[O-]. The van der Waals surface area contributed by atoms with Crippen LogP contribution < -0.4 is 5.32 Å². The first kappa shape index (κ1) is 13.3. The minimum absolute atomic E-state index is 0.0299. The van der Waals surface area contributed by atoms with Gasteiger partial charge in [0.25, 0.3) is 4.96 Å². The van der Waals surface area contributed by atoms with Gasteiger partial charge in [0.2, 0.25) is 5.82 Å². The molecular formula is C12H17N5O2S. The van der Waals surface area contributed by atoms with Gasteiger partial charge in [0.05, 0.1) is 0 Å². The predicted molar refractivity (Wildman–Crippen MR) is 78.5 cm³/mol. The average molecular weight is 295 g/mol. The molecule has 20 heavy (non-hydrogen) atoms. The Hall–Kier alpha value is -1.67. The number of likely N-dealkylation sites (tertiary alicyclic amines) is 1. The highest BCUT2D eigenvalue weighted by Crippen LogP contribution is 2.28. The molecule has 2 aromatic rings. The third-order valence-electron chi connectivity index (χ3n) is 3.82. The Kier molecular flexibility index (Phi) is 3.58. The van der Waals surface area contributed by atoms with E-state index >= 15 is 0 Å². The molecule has 1 saturated heterocycles. The zero-order chi connectivity index (χ0) is 14.1. The molecule has 0 aliphatic carbocycles. The Morgan fingerprint density at radius 2 is 2.50 bits per heavy atom. The van der Waals surface area contributed by atoms with Crippen LogP contribution in [0.4, 0.5) is 11.6 Å². The van der Waals surface area contributed by atoms with Gasteiger partial charge in [-0.25, -0.2) is 0 Å². The number of imidazole rings is 1. The van der Waals surface area contributed by atoms with Crippen LogP contribution in [0, 0.1) is 10.1 Å². The van der Waals surface area contributed by atoms with E-state index in [1.54, 1.807) is 11.6 Å². The number of hydrogen-bond acceptors (Lipinski definition) is 6. The van der Waals surface area contributed by atoms with E-state index in [1.807, 2.05) is 0 Å². The molecule has 0 amide bonds. The predicted octanol–water partition coefficient (Wildman–Crippen LogP) is 2.20. The number of thiazole rings is 1. The van der Waals surface area contributed by atoms with E-state index in [-0.39, 0.29) is 10.7 Å². The van der Waals surface area contributed by atoms with Crippen LogP contribution in [0.2, 0.25) is 0 Å². The lowest BCUT2D eigenvalue weighted by Crippen LogP contribution is -2.34. The molecule has 0 bridgehead atoms. The molecule has 0 aromatic carbocycles. The van der Waals surface area contributed by atoms with Crippen molar-refractivity contribution in [3.05, 3.63) is 21.7 Å². The topological polar surface area (TPSA) is 75.7 Å². The Labute approximate surface area is 120 Å². The summed E-state index contributed by atoms with van der Waals surface area (Å²) in [6.45, 7) is 4.99. The molecule has 0 spiro atoms. The van der Waals surface area contributed by atoms with Crippen molar-refractivity contribution in [1.29, 1.82) is 0 Å². The van der Waals surface area contributed by atoms with Crippen LogP contribution in [0.15, 0.2) is 11.6 Å². The summed E-state index contributed by atoms with van der Waals surface area (Å²) in [4.78, 5) is 18.2. The largest absolute Gasteiger partial charge is 0.372 e. The first-order chi connectivity index (χ1) is 9.70. The van der Waals surface area contributed by atoms with Gasteiger partial charge in [-0.15, -0.1) is 0 Å². The highest BCUT2D eigenvalue weighted by atomic mass is 32.1. The molecule has 7 nitrogen and oxygen atoms in total. The summed E-state index contributed by atoms with van der Waals surface area (Å²) in [5.74, 6) is 0.409. The van der Waals surface area contributed by atoms with E-state index in [4.69, 9.17) is 0 Å². The smallest absolute Gasteiger partial charge is 0.361 e. The van der Waals surface area contributed by atoms with Crippen molar-refractivity contribution in [2.75, 3.05) is 25.0 Å². The van der Waals surface area contributed by atoms with Crippen molar-refractivity contribution in [2.45, 2.75) is 25.8 Å². The summed E-state index contributed by atoms with van der Waals surface area (Å²) in [5.41, 5.74) is 0. The molecule has 1 aliphatic heterocycles. The van der Waals surface area contributed by atoms with Crippen LogP contribution in [-0.2, 0) is 0 Å². The molecule has 108 valence electrons. The summed E-state index contributed by atoms with van der Waals surface area (Å²) < 4.78 is 1.53. The fourth-order valence-electron chi connectivity index (χ4n) is 2.82. The summed E-state index contributed by atoms with van der Waals surface area (Å²) in [5, 5.41) is 16.2. The Bertz CT molecular complexity index is 622. The molecule has 1 fully saturated rings. The highest BCUT2D eigenvalue weighted by Gasteiger charge is 2.27. The van der Waals surface area contributed by atoms with Gasteiger partial charge in [-0.1, -0.05) is 18.3 Å². The lowest BCUT2D eigenvalue weighted by molar-refractivity contribution is -0.389. The van der Waals surface area contributed by atoms with E-state index < -0.39 is 0 Å². The van der Waals surface area contributed by atoms with Crippen LogP contribution in [0.5, 0.6) is 0 Å². The quantitative estimate of drug-likeness (QED) is 0.676. The fraction of sp³-hybridized carbons (Fsp3) is 0.583. The maximum atomic E-state index is 11.2. The van der Waals surface area contributed by atoms with Gasteiger partial charge in [-0.2, -0.15) is 9.38 Å². The van der Waals surface area contributed by atoms with Crippen LogP contribution in [-0.4, -0.2) is 44.9 Å². The third kappa shape index (κ3) is 2.25. The van der Waals surface area contributed by atoms with Gasteiger partial charge in [0.15, 0.2) is 0 Å². The minimum atomic E-state index is -0.374. The monoisotopic (exact) mass is 295 g/mol. The number of anilines is 1. The van der Waals surface area contributed by atoms with Crippen molar-refractivity contribution in [2.24, 2.45) is 0 Å². The molecule has 1 unspecified atom stereocenters. The number of fused-ring (bicyclic) bond motifs is 1. The number of nitro groups is 1. The van der Waals surface area contributed by atoms with Crippen LogP contribution >= 0.6 is 11.3 Å². The average Bonchev–Trinajstić information content (AvgIpc) is 3.10. The summed E-state index contributed by atoms with van der Waals surface area (Å²) in [7, 11) is 0. The molecule has 1 atom stereocenters. The maximum Gasteiger partial charge on any atom is 0.372 e. The highest BCUT2D eigenvalue weighted by molar-refractivity contribution is 7.15. The van der Waals surface area contributed by atoms with Gasteiger partial charge in [0, 0.05) is 18.0 Å². The standard InChI is InChI=1S/C12H17N5O2S/c1-2-15-5-3-4-9(15)8-13-10-11(17(18)19)16-6-7-20-12(16)14-10/h6-7,9,13H,2-5,8H2,1H3. The normalized spacial score (nSPS) is 19.8.